The first-order valence-corrected chi connectivity index (χ1v) is 1.51. The summed E-state index contributed by atoms with van der Waals surface area (Å²) in [6, 6.07) is 0. The van der Waals surface area contributed by atoms with Gasteiger partial charge in [-0.05, 0) is 0 Å². The fourth-order valence-corrected chi connectivity index (χ4v) is 0. The average Bonchev–Trinajstić information content (AvgIpc) is 0.811. The topological polar surface area (TPSA) is 26.0 Å². The third-order valence-corrected chi connectivity index (χ3v) is 0. The van der Waals surface area contributed by atoms with E-state index < -0.39 is 0 Å². The van der Waals surface area contributed by atoms with Crippen LogP contribution in [0.1, 0.15) is 0 Å². The molecule has 0 amide bonds. The molecular formula is CH4MoNS3-. The van der Waals surface area contributed by atoms with Crippen LogP contribution in [-0.4, -0.2) is 4.32 Å². The van der Waals surface area contributed by atoms with E-state index >= 15 is 0 Å². The second-order valence-electron chi connectivity index (χ2n) is 0.319. The maximum atomic E-state index is 4.66. The van der Waals surface area contributed by atoms with E-state index in [0.29, 0.717) is 0 Å². The second-order valence-corrected chi connectivity index (χ2v) is 1.46. The summed E-state index contributed by atoms with van der Waals surface area (Å²) >= 11 is 8.26. The first-order valence-electron chi connectivity index (χ1n) is 0.697. The molecule has 5 heteroatoms. The van der Waals surface area contributed by atoms with Gasteiger partial charge in [0.2, 0.25) is 0 Å². The van der Waals surface area contributed by atoms with Gasteiger partial charge in [-0.25, -0.2) is 0 Å². The molecule has 0 fully saturated rings. The predicted octanol–water partition coefficient (Wildman–Crippen LogP) is -0.113. The maximum absolute atomic E-state index is 4.66. The third kappa shape index (κ3) is 67.2. The summed E-state index contributed by atoms with van der Waals surface area (Å²) in [5.41, 5.74) is 4.66. The summed E-state index contributed by atoms with van der Waals surface area (Å²) in [4.78, 5) is 0. The summed E-state index contributed by atoms with van der Waals surface area (Å²) in [5.74, 6) is 0. The summed E-state index contributed by atoms with van der Waals surface area (Å²) < 4.78 is 0.0833. The molecule has 0 saturated carbocycles. The van der Waals surface area contributed by atoms with Gasteiger partial charge in [0, 0.05) is 21.1 Å². The molecule has 0 heterocycles. The zero-order valence-corrected chi connectivity index (χ0v) is 7.44. The Bertz CT molecular complexity index is 33.8. The van der Waals surface area contributed by atoms with Gasteiger partial charge in [-0.1, -0.05) is 4.32 Å². The molecular weight excluding hydrogens is 218 g/mol. The Labute approximate surface area is 69.2 Å². The Morgan fingerprint density at radius 3 is 1.67 bits per heavy atom. The fourth-order valence-electron chi connectivity index (χ4n) is 0. The van der Waals surface area contributed by atoms with E-state index in [1.807, 2.05) is 0 Å². The van der Waals surface area contributed by atoms with Crippen LogP contribution in [0.2, 0.25) is 0 Å². The Morgan fingerprint density at radius 1 is 1.67 bits per heavy atom. The van der Waals surface area contributed by atoms with Crippen LogP contribution < -0.4 is 5.73 Å². The predicted molar refractivity (Wildman–Crippen MR) is 34.5 cm³/mol. The van der Waals surface area contributed by atoms with Crippen molar-refractivity contribution in [1.29, 1.82) is 0 Å². The molecule has 0 aromatic rings. The van der Waals surface area contributed by atoms with E-state index in [1.165, 1.54) is 0 Å². The van der Waals surface area contributed by atoms with Crippen molar-refractivity contribution in [2.45, 2.75) is 0 Å². The van der Waals surface area contributed by atoms with E-state index in [-0.39, 0.29) is 38.9 Å². The van der Waals surface area contributed by atoms with E-state index in [2.05, 4.69) is 30.6 Å². The molecule has 0 bridgehead atoms. The summed E-state index contributed by atoms with van der Waals surface area (Å²) in [5, 5.41) is 0. The molecule has 0 aliphatic heterocycles. The molecule has 38 valence electrons. The van der Waals surface area contributed by atoms with Crippen LogP contribution in [0, 0.1) is 0 Å². The molecule has 0 spiro atoms. The Morgan fingerprint density at radius 2 is 1.67 bits per heavy atom. The van der Waals surface area contributed by atoms with Crippen LogP contribution >= 0.6 is 25.7 Å². The van der Waals surface area contributed by atoms with Crippen molar-refractivity contribution in [2.24, 2.45) is 5.73 Å². The number of hydrogen-bond acceptors (Lipinski definition) is 2. The van der Waals surface area contributed by atoms with Gasteiger partial charge in [-0.15, -0.1) is 0 Å². The molecule has 0 unspecified atom stereocenters. The Balaban J connectivity index is -0.0000000450. The quantitative estimate of drug-likeness (QED) is 0.352. The van der Waals surface area contributed by atoms with Crippen molar-refractivity contribution in [3.05, 3.63) is 0 Å². The number of nitrogens with two attached hydrogens (primary N) is 1. The molecule has 0 saturated heterocycles. The van der Waals surface area contributed by atoms with E-state index in [0.717, 1.165) is 0 Å². The summed E-state index contributed by atoms with van der Waals surface area (Å²) in [6.07, 6.45) is 0. The molecule has 0 radical (unpaired) electrons. The zero-order chi connectivity index (χ0) is 3.58. The van der Waals surface area contributed by atoms with Crippen molar-refractivity contribution in [1.82, 2.24) is 0 Å². The number of hydrogen-bond donors (Lipinski definition) is 1. The van der Waals surface area contributed by atoms with Gasteiger partial charge >= 0.3 is 0 Å². The maximum Gasteiger partial charge on any atom is 0 e. The van der Waals surface area contributed by atoms with Crippen molar-refractivity contribution in [3.63, 3.8) is 0 Å². The van der Waals surface area contributed by atoms with Crippen molar-refractivity contribution >= 4 is 42.7 Å². The van der Waals surface area contributed by atoms with Gasteiger partial charge in [0.1, 0.15) is 0 Å². The molecule has 0 aliphatic rings. The monoisotopic (exact) mass is 224 g/mol. The van der Waals surface area contributed by atoms with Gasteiger partial charge in [0.15, 0.2) is 0 Å². The molecule has 0 aliphatic carbocycles. The van der Waals surface area contributed by atoms with Crippen LogP contribution in [0.4, 0.5) is 0 Å². The van der Waals surface area contributed by atoms with Crippen molar-refractivity contribution in [2.75, 3.05) is 0 Å². The second kappa shape index (κ2) is 9.47. The van der Waals surface area contributed by atoms with Crippen molar-refractivity contribution < 1.29 is 21.1 Å². The van der Waals surface area contributed by atoms with Crippen LogP contribution in [0.25, 0.3) is 0 Å². The third-order valence-electron chi connectivity index (χ3n) is 0. The van der Waals surface area contributed by atoms with Crippen LogP contribution in [0.3, 0.4) is 0 Å². The normalized spacial score (nSPS) is 4.00. The van der Waals surface area contributed by atoms with Gasteiger partial charge in [0.05, 0.1) is 0 Å². The average molecular weight is 222 g/mol. The standard InChI is InChI=1S/CH3NS2.Mo.H2S/c2-1(3)4;;/h(H3,2,3,4);;1H2/p-1. The molecule has 0 aromatic heterocycles. The molecule has 0 rings (SSSR count). The Hall–Kier alpha value is 1.15. The molecule has 0 aromatic carbocycles. The first kappa shape index (κ1) is 15.7. The first-order chi connectivity index (χ1) is 1.73. The Kier molecular flexibility index (Phi) is 24.8. The summed E-state index contributed by atoms with van der Waals surface area (Å²) in [7, 11) is 0. The van der Waals surface area contributed by atoms with E-state index in [9.17, 15) is 0 Å². The van der Waals surface area contributed by atoms with Crippen molar-refractivity contribution in [3.8, 4) is 0 Å². The van der Waals surface area contributed by atoms with Gasteiger partial charge in [0.25, 0.3) is 0 Å². The minimum Gasteiger partial charge on any atom is -0.415 e. The zero-order valence-electron chi connectivity index (χ0n) is 2.80. The van der Waals surface area contributed by atoms with Crippen LogP contribution in [0.5, 0.6) is 0 Å². The van der Waals surface area contributed by atoms with E-state index in [1.54, 1.807) is 0 Å². The van der Waals surface area contributed by atoms with Crippen LogP contribution in [-0.2, 0) is 33.7 Å². The van der Waals surface area contributed by atoms with E-state index in [4.69, 9.17) is 0 Å². The van der Waals surface area contributed by atoms with Gasteiger partial charge < -0.3 is 30.6 Å². The smallest absolute Gasteiger partial charge is 0 e. The molecule has 2 N–H and O–H groups in total. The molecule has 6 heavy (non-hydrogen) atoms. The minimum atomic E-state index is 0. The SMILES string of the molecule is NC(=S)[S-].S.[Mo]. The summed E-state index contributed by atoms with van der Waals surface area (Å²) in [6.45, 7) is 0. The van der Waals surface area contributed by atoms with Crippen LogP contribution in [0.15, 0.2) is 0 Å². The fraction of sp³-hybridized carbons (Fsp3) is 0. The number of rotatable bonds is 0. The molecule has 0 atom stereocenters. The largest absolute Gasteiger partial charge is 0.415 e. The molecule has 1 nitrogen and oxygen atoms in total. The van der Waals surface area contributed by atoms with Gasteiger partial charge in [-0.3, -0.25) is 0 Å². The number of thiocarbonyl (C=S) groups is 1. The minimum absolute atomic E-state index is 0. The van der Waals surface area contributed by atoms with Gasteiger partial charge in [-0.2, -0.15) is 13.5 Å².